The van der Waals surface area contributed by atoms with Gasteiger partial charge < -0.3 is 24.7 Å². The van der Waals surface area contributed by atoms with Gasteiger partial charge in [-0.1, -0.05) is 6.07 Å². The molecule has 1 aliphatic heterocycles. The fourth-order valence-electron chi connectivity index (χ4n) is 2.65. The largest absolute Gasteiger partial charge is 0.495 e. The summed E-state index contributed by atoms with van der Waals surface area (Å²) in [5.74, 6) is 1.96. The van der Waals surface area contributed by atoms with Gasteiger partial charge in [0.1, 0.15) is 5.75 Å². The number of hydrogen-bond donors (Lipinski definition) is 1. The van der Waals surface area contributed by atoms with E-state index in [1.165, 1.54) is 7.11 Å². The third-order valence-electron chi connectivity index (χ3n) is 3.92. The molecule has 0 aromatic heterocycles. The van der Waals surface area contributed by atoms with Crippen molar-refractivity contribution in [3.8, 4) is 23.0 Å². The summed E-state index contributed by atoms with van der Waals surface area (Å²) in [6.07, 6.45) is 1.77. The molecule has 0 fully saturated rings. The fourth-order valence-corrected chi connectivity index (χ4v) is 2.65. The van der Waals surface area contributed by atoms with Crippen LogP contribution in [0.15, 0.2) is 35.9 Å². The second-order valence-corrected chi connectivity index (χ2v) is 5.57. The Labute approximate surface area is 145 Å². The quantitative estimate of drug-likeness (QED) is 0.511. The predicted octanol–water partition coefficient (Wildman–Crippen LogP) is 3.30. The Morgan fingerprint density at radius 3 is 2.56 bits per heavy atom. The van der Waals surface area contributed by atoms with Crippen LogP contribution >= 0.6 is 0 Å². The maximum Gasteiger partial charge on any atom is 0.231 e. The Balaban J connectivity index is 1.91. The normalized spacial score (nSPS) is 12.8. The van der Waals surface area contributed by atoms with Crippen LogP contribution in [-0.2, 0) is 0 Å². The standard InChI is InChI=1S/C19H19NO5/c1-11(6-12-4-5-15(22-2)14(20)7-12)18(21)13-8-16(23-3)19-17(9-13)24-10-25-19/h4-9H,10,20H2,1-3H3/b11-6+. The van der Waals surface area contributed by atoms with Crippen LogP contribution in [0.3, 0.4) is 0 Å². The molecule has 3 rings (SSSR count). The summed E-state index contributed by atoms with van der Waals surface area (Å²) in [4.78, 5) is 12.7. The maximum absolute atomic E-state index is 12.7. The van der Waals surface area contributed by atoms with E-state index in [0.717, 1.165) is 5.56 Å². The van der Waals surface area contributed by atoms with Crippen molar-refractivity contribution in [2.75, 3.05) is 26.7 Å². The summed E-state index contributed by atoms with van der Waals surface area (Å²) in [6.45, 7) is 1.86. The molecule has 2 aromatic carbocycles. The Morgan fingerprint density at radius 1 is 1.12 bits per heavy atom. The average molecular weight is 341 g/mol. The first kappa shape index (κ1) is 16.7. The SMILES string of the molecule is COc1ccc(/C=C(\C)C(=O)c2cc(OC)c3c(c2)OCO3)cc1N. The summed E-state index contributed by atoms with van der Waals surface area (Å²) in [5, 5.41) is 0. The van der Waals surface area contributed by atoms with Crippen LogP contribution in [0.2, 0.25) is 0 Å². The van der Waals surface area contributed by atoms with E-state index in [1.807, 2.05) is 6.07 Å². The van der Waals surface area contributed by atoms with Crippen molar-refractivity contribution in [2.24, 2.45) is 0 Å². The van der Waals surface area contributed by atoms with Crippen LogP contribution in [0.25, 0.3) is 6.08 Å². The van der Waals surface area contributed by atoms with Gasteiger partial charge in [-0.05, 0) is 48.4 Å². The highest BCUT2D eigenvalue weighted by Gasteiger charge is 2.22. The van der Waals surface area contributed by atoms with E-state index >= 15 is 0 Å². The number of hydrogen-bond acceptors (Lipinski definition) is 6. The molecule has 130 valence electrons. The van der Waals surface area contributed by atoms with Gasteiger partial charge in [-0.2, -0.15) is 0 Å². The van der Waals surface area contributed by atoms with Gasteiger partial charge in [0.2, 0.25) is 12.5 Å². The molecule has 2 aromatic rings. The number of methoxy groups -OCH3 is 2. The summed E-state index contributed by atoms with van der Waals surface area (Å²) in [7, 11) is 3.08. The number of anilines is 1. The Bertz CT molecular complexity index is 857. The molecule has 0 spiro atoms. The molecule has 6 nitrogen and oxygen atoms in total. The lowest BCUT2D eigenvalue weighted by molar-refractivity contribution is 0.103. The first-order valence-electron chi connectivity index (χ1n) is 7.67. The summed E-state index contributed by atoms with van der Waals surface area (Å²) < 4.78 is 21.1. The van der Waals surface area contributed by atoms with E-state index in [-0.39, 0.29) is 12.6 Å². The zero-order chi connectivity index (χ0) is 18.0. The van der Waals surface area contributed by atoms with Gasteiger partial charge in [0.05, 0.1) is 19.9 Å². The molecule has 1 heterocycles. The van der Waals surface area contributed by atoms with Gasteiger partial charge in [0.15, 0.2) is 17.3 Å². The van der Waals surface area contributed by atoms with Gasteiger partial charge in [-0.25, -0.2) is 0 Å². The number of Topliss-reactive ketones (excluding diaryl/α,β-unsaturated/α-hetero) is 1. The molecule has 0 aliphatic carbocycles. The van der Waals surface area contributed by atoms with Crippen molar-refractivity contribution in [2.45, 2.75) is 6.92 Å². The van der Waals surface area contributed by atoms with Crippen LogP contribution in [0, 0.1) is 0 Å². The molecule has 2 N–H and O–H groups in total. The van der Waals surface area contributed by atoms with E-state index in [2.05, 4.69) is 0 Å². The summed E-state index contributed by atoms with van der Waals surface area (Å²) in [6, 6.07) is 8.67. The number of ether oxygens (including phenoxy) is 4. The minimum absolute atomic E-state index is 0.114. The third-order valence-corrected chi connectivity index (χ3v) is 3.92. The lowest BCUT2D eigenvalue weighted by Crippen LogP contribution is -2.02. The molecule has 0 saturated heterocycles. The number of carbonyl (C=O) groups is 1. The first-order chi connectivity index (χ1) is 12.0. The van der Waals surface area contributed by atoms with E-state index in [4.69, 9.17) is 24.7 Å². The highest BCUT2D eigenvalue weighted by Crippen LogP contribution is 2.42. The van der Waals surface area contributed by atoms with E-state index in [1.54, 1.807) is 44.4 Å². The van der Waals surface area contributed by atoms with E-state index in [9.17, 15) is 4.79 Å². The Morgan fingerprint density at radius 2 is 1.88 bits per heavy atom. The van der Waals surface area contributed by atoms with Crippen LogP contribution in [0.4, 0.5) is 5.69 Å². The summed E-state index contributed by atoms with van der Waals surface area (Å²) >= 11 is 0. The van der Waals surface area contributed by atoms with Crippen molar-refractivity contribution in [1.82, 2.24) is 0 Å². The van der Waals surface area contributed by atoms with Gasteiger partial charge >= 0.3 is 0 Å². The zero-order valence-electron chi connectivity index (χ0n) is 14.3. The maximum atomic E-state index is 12.7. The molecule has 0 unspecified atom stereocenters. The number of fused-ring (bicyclic) bond motifs is 1. The van der Waals surface area contributed by atoms with Gasteiger partial charge in [0, 0.05) is 5.56 Å². The van der Waals surface area contributed by atoms with Gasteiger partial charge in [0.25, 0.3) is 0 Å². The number of nitrogens with two attached hydrogens (primary N) is 1. The molecule has 25 heavy (non-hydrogen) atoms. The van der Waals surface area contributed by atoms with Crippen molar-refractivity contribution >= 4 is 17.5 Å². The number of rotatable bonds is 5. The van der Waals surface area contributed by atoms with Crippen molar-refractivity contribution in [3.63, 3.8) is 0 Å². The minimum atomic E-state index is -0.133. The minimum Gasteiger partial charge on any atom is -0.495 e. The Hall–Kier alpha value is -3.15. The third kappa shape index (κ3) is 3.24. The second-order valence-electron chi connectivity index (χ2n) is 5.57. The van der Waals surface area contributed by atoms with E-state index in [0.29, 0.717) is 39.8 Å². The van der Waals surface area contributed by atoms with Crippen molar-refractivity contribution in [1.29, 1.82) is 0 Å². The van der Waals surface area contributed by atoms with Crippen LogP contribution in [-0.4, -0.2) is 26.8 Å². The first-order valence-corrected chi connectivity index (χ1v) is 7.67. The molecule has 1 aliphatic rings. The number of ketones is 1. The highest BCUT2D eigenvalue weighted by atomic mass is 16.7. The monoisotopic (exact) mass is 341 g/mol. The number of carbonyl (C=O) groups excluding carboxylic acids is 1. The molecule has 0 atom stereocenters. The molecular formula is C19H19NO5. The Kier molecular flexibility index (Phi) is 4.52. The zero-order valence-corrected chi connectivity index (χ0v) is 14.3. The van der Waals surface area contributed by atoms with Gasteiger partial charge in [-0.15, -0.1) is 0 Å². The molecule has 0 radical (unpaired) electrons. The average Bonchev–Trinajstić information content (AvgIpc) is 3.09. The fraction of sp³-hybridized carbons (Fsp3) is 0.211. The predicted molar refractivity (Wildman–Crippen MR) is 94.5 cm³/mol. The smallest absolute Gasteiger partial charge is 0.231 e. The molecule has 6 heteroatoms. The van der Waals surface area contributed by atoms with Crippen LogP contribution < -0.4 is 24.7 Å². The van der Waals surface area contributed by atoms with Crippen molar-refractivity contribution in [3.05, 3.63) is 47.0 Å². The molecule has 0 saturated carbocycles. The molecule has 0 amide bonds. The number of benzene rings is 2. The lowest BCUT2D eigenvalue weighted by atomic mass is 10.0. The van der Waals surface area contributed by atoms with E-state index < -0.39 is 0 Å². The highest BCUT2D eigenvalue weighted by molar-refractivity contribution is 6.11. The van der Waals surface area contributed by atoms with Crippen LogP contribution in [0.5, 0.6) is 23.0 Å². The summed E-state index contributed by atoms with van der Waals surface area (Å²) in [5.41, 5.74) is 8.27. The second kappa shape index (κ2) is 6.76. The lowest BCUT2D eigenvalue weighted by Gasteiger charge is -2.08. The van der Waals surface area contributed by atoms with Crippen LogP contribution in [0.1, 0.15) is 22.8 Å². The number of nitrogen functional groups attached to an aromatic ring is 1. The molecule has 0 bridgehead atoms. The molecular weight excluding hydrogens is 322 g/mol. The number of allylic oxidation sites excluding steroid dienone is 1. The van der Waals surface area contributed by atoms with Crippen molar-refractivity contribution < 1.29 is 23.7 Å². The topological polar surface area (TPSA) is 80.0 Å². The van der Waals surface area contributed by atoms with Gasteiger partial charge in [-0.3, -0.25) is 4.79 Å².